The predicted molar refractivity (Wildman–Crippen MR) is 111 cm³/mol. The molecule has 28 heavy (non-hydrogen) atoms. The molecule has 1 heterocycles. The molecular weight excluding hydrogens is 372 g/mol. The number of nitrogens with one attached hydrogen (secondary N) is 2. The highest BCUT2D eigenvalue weighted by Crippen LogP contribution is 2.24. The molecule has 0 fully saturated rings. The fraction of sp³-hybridized carbons (Fsp3) is 0.286. The van der Waals surface area contributed by atoms with Gasteiger partial charge in [-0.05, 0) is 41.9 Å². The second kappa shape index (κ2) is 9.32. The fourth-order valence-electron chi connectivity index (χ4n) is 3.08. The van der Waals surface area contributed by atoms with E-state index in [1.807, 2.05) is 54.6 Å². The monoisotopic (exact) mass is 396 g/mol. The molecule has 0 unspecified atom stereocenters. The highest BCUT2D eigenvalue weighted by atomic mass is 32.1. The minimum absolute atomic E-state index is 0.125. The molecule has 0 aliphatic heterocycles. The van der Waals surface area contributed by atoms with Gasteiger partial charge in [0, 0.05) is 6.42 Å². The fourth-order valence-corrected chi connectivity index (χ4v) is 3.29. The molecule has 0 saturated carbocycles. The molecule has 0 spiro atoms. The van der Waals surface area contributed by atoms with Crippen molar-refractivity contribution < 1.29 is 9.53 Å². The molecule has 1 atom stereocenters. The van der Waals surface area contributed by atoms with Gasteiger partial charge >= 0.3 is 0 Å². The highest BCUT2D eigenvalue weighted by molar-refractivity contribution is 7.71. The van der Waals surface area contributed by atoms with Crippen LogP contribution in [-0.2, 0) is 17.8 Å². The number of rotatable bonds is 8. The number of aromatic nitrogens is 3. The smallest absolute Gasteiger partial charge is 0.240 e. The normalized spacial score (nSPS) is 11.8. The molecule has 1 aromatic heterocycles. The van der Waals surface area contributed by atoms with E-state index < -0.39 is 0 Å². The first-order valence-electron chi connectivity index (χ1n) is 9.24. The standard InChI is InChI=1S/C21H24N4O2S/c1-3-7-18-23-24-21(28)25(18)14-19(26)22-20(15-8-5-4-6-9-15)16-10-12-17(27-2)13-11-16/h4-6,8-13,20H,3,7,14H2,1-2H3,(H,22,26)(H,24,28)/t20-/m1/s1. The van der Waals surface area contributed by atoms with Crippen LogP contribution >= 0.6 is 12.2 Å². The average Bonchev–Trinajstić information content (AvgIpc) is 3.07. The minimum atomic E-state index is -0.268. The molecule has 1 amide bonds. The maximum Gasteiger partial charge on any atom is 0.240 e. The summed E-state index contributed by atoms with van der Waals surface area (Å²) >= 11 is 5.28. The van der Waals surface area contributed by atoms with Crippen LogP contribution in [0.4, 0.5) is 0 Å². The van der Waals surface area contributed by atoms with Gasteiger partial charge in [-0.1, -0.05) is 49.4 Å². The number of H-pyrrole nitrogens is 1. The topological polar surface area (TPSA) is 71.9 Å². The molecule has 0 aliphatic carbocycles. The number of methoxy groups -OCH3 is 1. The second-order valence-corrected chi connectivity index (χ2v) is 6.85. The molecule has 3 rings (SSSR count). The van der Waals surface area contributed by atoms with E-state index in [4.69, 9.17) is 17.0 Å². The Hall–Kier alpha value is -2.93. The van der Waals surface area contributed by atoms with Crippen LogP contribution in [0.5, 0.6) is 5.75 Å². The van der Waals surface area contributed by atoms with E-state index in [9.17, 15) is 4.79 Å². The zero-order valence-corrected chi connectivity index (χ0v) is 16.8. The summed E-state index contributed by atoms with van der Waals surface area (Å²) in [6, 6.07) is 17.3. The van der Waals surface area contributed by atoms with Crippen LogP contribution in [0.15, 0.2) is 54.6 Å². The van der Waals surface area contributed by atoms with E-state index in [1.54, 1.807) is 11.7 Å². The molecular formula is C21H24N4O2S. The first-order valence-corrected chi connectivity index (χ1v) is 9.65. The number of amides is 1. The van der Waals surface area contributed by atoms with Gasteiger partial charge in [-0.25, -0.2) is 0 Å². The van der Waals surface area contributed by atoms with Gasteiger partial charge in [0.2, 0.25) is 5.91 Å². The first-order chi connectivity index (χ1) is 13.6. The van der Waals surface area contributed by atoms with Gasteiger partial charge in [0.05, 0.1) is 13.2 Å². The molecule has 2 aromatic carbocycles. The van der Waals surface area contributed by atoms with Gasteiger partial charge < -0.3 is 10.1 Å². The number of nitrogens with zero attached hydrogens (tertiary/aromatic N) is 2. The van der Waals surface area contributed by atoms with Crippen molar-refractivity contribution in [2.75, 3.05) is 7.11 Å². The summed E-state index contributed by atoms with van der Waals surface area (Å²) in [5, 5.41) is 10.1. The lowest BCUT2D eigenvalue weighted by atomic mass is 9.98. The predicted octanol–water partition coefficient (Wildman–Crippen LogP) is 3.81. The number of benzene rings is 2. The molecule has 0 bridgehead atoms. The molecule has 6 nitrogen and oxygen atoms in total. The van der Waals surface area contributed by atoms with Crippen molar-refractivity contribution >= 4 is 18.1 Å². The van der Waals surface area contributed by atoms with E-state index in [-0.39, 0.29) is 18.5 Å². The maximum atomic E-state index is 12.9. The number of carbonyl (C=O) groups excluding carboxylic acids is 1. The van der Waals surface area contributed by atoms with Gasteiger partial charge in [-0.2, -0.15) is 5.10 Å². The van der Waals surface area contributed by atoms with Crippen LogP contribution in [-0.4, -0.2) is 27.8 Å². The largest absolute Gasteiger partial charge is 0.497 e. The second-order valence-electron chi connectivity index (χ2n) is 6.47. The van der Waals surface area contributed by atoms with Crippen LogP contribution < -0.4 is 10.1 Å². The van der Waals surface area contributed by atoms with Crippen molar-refractivity contribution in [1.29, 1.82) is 0 Å². The lowest BCUT2D eigenvalue weighted by Gasteiger charge is -2.20. The number of aromatic amines is 1. The highest BCUT2D eigenvalue weighted by Gasteiger charge is 2.18. The zero-order valence-electron chi connectivity index (χ0n) is 16.0. The summed E-state index contributed by atoms with van der Waals surface area (Å²) in [6.07, 6.45) is 1.70. The summed E-state index contributed by atoms with van der Waals surface area (Å²) in [7, 11) is 1.63. The van der Waals surface area contributed by atoms with Crippen molar-refractivity contribution in [3.05, 3.63) is 76.3 Å². The third-order valence-electron chi connectivity index (χ3n) is 4.50. The number of hydrogen-bond acceptors (Lipinski definition) is 4. The van der Waals surface area contributed by atoms with Crippen LogP contribution in [0, 0.1) is 4.77 Å². The Bertz CT molecular complexity index is 964. The van der Waals surface area contributed by atoms with E-state index in [2.05, 4.69) is 22.4 Å². The van der Waals surface area contributed by atoms with Crippen LogP contribution in [0.3, 0.4) is 0 Å². The Morgan fingerprint density at radius 1 is 1.18 bits per heavy atom. The van der Waals surface area contributed by atoms with Crippen molar-refractivity contribution in [3.63, 3.8) is 0 Å². The molecule has 0 radical (unpaired) electrons. The SMILES string of the molecule is CCCc1n[nH]c(=S)n1CC(=O)N[C@H](c1ccccc1)c1ccc(OC)cc1. The average molecular weight is 397 g/mol. The molecule has 0 aliphatic rings. The van der Waals surface area contributed by atoms with E-state index in [0.717, 1.165) is 35.5 Å². The van der Waals surface area contributed by atoms with Crippen LogP contribution in [0.1, 0.15) is 36.3 Å². The summed E-state index contributed by atoms with van der Waals surface area (Å²) < 4.78 is 7.45. The minimum Gasteiger partial charge on any atom is -0.497 e. The Labute approximate surface area is 169 Å². The lowest BCUT2D eigenvalue weighted by Crippen LogP contribution is -2.32. The Kier molecular flexibility index (Phi) is 6.60. The number of aryl methyl sites for hydroxylation is 1. The summed E-state index contributed by atoms with van der Waals surface area (Å²) in [4.78, 5) is 12.9. The van der Waals surface area contributed by atoms with Crippen molar-refractivity contribution in [3.8, 4) is 5.75 Å². The van der Waals surface area contributed by atoms with Gasteiger partial charge in [0.1, 0.15) is 18.1 Å². The Morgan fingerprint density at radius 2 is 1.86 bits per heavy atom. The maximum absolute atomic E-state index is 12.9. The van der Waals surface area contributed by atoms with Gasteiger partial charge in [0.15, 0.2) is 4.77 Å². The molecule has 2 N–H and O–H groups in total. The zero-order chi connectivity index (χ0) is 19.9. The molecule has 7 heteroatoms. The van der Waals surface area contributed by atoms with Crippen LogP contribution in [0.25, 0.3) is 0 Å². The molecule has 146 valence electrons. The van der Waals surface area contributed by atoms with Crippen molar-refractivity contribution in [2.24, 2.45) is 0 Å². The molecule has 3 aromatic rings. The van der Waals surface area contributed by atoms with Crippen molar-refractivity contribution in [1.82, 2.24) is 20.1 Å². The van der Waals surface area contributed by atoms with E-state index in [0.29, 0.717) is 4.77 Å². The summed E-state index contributed by atoms with van der Waals surface area (Å²) in [5.41, 5.74) is 1.98. The summed E-state index contributed by atoms with van der Waals surface area (Å²) in [6.45, 7) is 2.20. The van der Waals surface area contributed by atoms with Crippen LogP contribution in [0.2, 0.25) is 0 Å². The summed E-state index contributed by atoms with van der Waals surface area (Å²) in [5.74, 6) is 1.44. The number of ether oxygens (including phenoxy) is 1. The van der Waals surface area contributed by atoms with E-state index in [1.165, 1.54) is 0 Å². The van der Waals surface area contributed by atoms with Crippen molar-refractivity contribution in [2.45, 2.75) is 32.4 Å². The van der Waals surface area contributed by atoms with Gasteiger partial charge in [-0.3, -0.25) is 14.5 Å². The Morgan fingerprint density at radius 3 is 2.50 bits per heavy atom. The third-order valence-corrected chi connectivity index (χ3v) is 4.81. The van der Waals surface area contributed by atoms with Gasteiger partial charge in [-0.15, -0.1) is 0 Å². The lowest BCUT2D eigenvalue weighted by molar-refractivity contribution is -0.122. The number of carbonyl (C=O) groups is 1. The first kappa shape index (κ1) is 19.8. The molecule has 0 saturated heterocycles. The number of hydrogen-bond donors (Lipinski definition) is 2. The van der Waals surface area contributed by atoms with Gasteiger partial charge in [0.25, 0.3) is 0 Å². The quantitative estimate of drug-likeness (QED) is 0.568. The Balaban J connectivity index is 1.84. The third kappa shape index (κ3) is 4.67. The van der Waals surface area contributed by atoms with E-state index >= 15 is 0 Å².